The molecular weight excluding hydrogens is 480 g/mol. The minimum absolute atomic E-state index is 0.976. The number of benzene rings is 5. The van der Waals surface area contributed by atoms with Crippen molar-refractivity contribution in [3.8, 4) is 33.5 Å². The van der Waals surface area contributed by atoms with Crippen molar-refractivity contribution in [1.29, 1.82) is 0 Å². The molecule has 0 saturated carbocycles. The predicted octanol–water partition coefficient (Wildman–Crippen LogP) is 10.2. The van der Waals surface area contributed by atoms with Gasteiger partial charge in [0.1, 0.15) is 0 Å². The molecule has 1 N–H and O–H groups in total. The number of aromatic nitrogens is 1. The van der Waals surface area contributed by atoms with E-state index in [1.54, 1.807) is 0 Å². The van der Waals surface area contributed by atoms with Gasteiger partial charge in [0, 0.05) is 43.3 Å². The Morgan fingerprint density at radius 2 is 1.16 bits per heavy atom. The zero-order valence-corrected chi connectivity index (χ0v) is 21.5. The number of hydrogen-bond acceptors (Lipinski definition) is 3. The summed E-state index contributed by atoms with van der Waals surface area (Å²) in [4.78, 5) is 4.47. The van der Waals surface area contributed by atoms with Crippen molar-refractivity contribution in [2.45, 2.75) is 0 Å². The molecule has 0 saturated heterocycles. The van der Waals surface area contributed by atoms with Crippen molar-refractivity contribution in [1.82, 2.24) is 4.98 Å². The Morgan fingerprint density at radius 1 is 0.447 bits per heavy atom. The van der Waals surface area contributed by atoms with Crippen LogP contribution in [0.4, 0.5) is 11.4 Å². The minimum Gasteiger partial charge on any atom is -0.355 e. The third-order valence-corrected chi connectivity index (χ3v) is 8.04. The Labute approximate surface area is 225 Å². The lowest BCUT2D eigenvalue weighted by Crippen LogP contribution is -1.93. The Kier molecular flexibility index (Phi) is 5.69. The van der Waals surface area contributed by atoms with Crippen molar-refractivity contribution in [3.05, 3.63) is 140 Å². The molecule has 3 heteroatoms. The topological polar surface area (TPSA) is 24.9 Å². The van der Waals surface area contributed by atoms with Crippen LogP contribution in [0, 0.1) is 0 Å². The van der Waals surface area contributed by atoms with Crippen LogP contribution in [0.1, 0.15) is 0 Å². The van der Waals surface area contributed by atoms with Crippen LogP contribution in [0.3, 0.4) is 0 Å². The molecule has 0 aliphatic rings. The molecule has 0 bridgehead atoms. The van der Waals surface area contributed by atoms with E-state index in [2.05, 4.69) is 126 Å². The minimum atomic E-state index is 0.976. The zero-order chi connectivity index (χ0) is 25.3. The zero-order valence-electron chi connectivity index (χ0n) is 20.6. The van der Waals surface area contributed by atoms with Crippen LogP contribution in [-0.2, 0) is 0 Å². The average Bonchev–Trinajstić information content (AvgIpc) is 3.36. The molecule has 2 nitrogen and oxygen atoms in total. The van der Waals surface area contributed by atoms with E-state index < -0.39 is 0 Å². The van der Waals surface area contributed by atoms with Gasteiger partial charge in [0.2, 0.25) is 0 Å². The van der Waals surface area contributed by atoms with E-state index in [1.807, 2.05) is 35.7 Å². The van der Waals surface area contributed by atoms with Gasteiger partial charge in [0.05, 0.1) is 5.69 Å². The second-order valence-electron chi connectivity index (χ2n) is 9.39. The number of rotatable bonds is 5. The Morgan fingerprint density at radius 3 is 1.97 bits per heavy atom. The summed E-state index contributed by atoms with van der Waals surface area (Å²) in [5, 5.41) is 6.28. The number of nitrogens with zero attached hydrogens (tertiary/aromatic N) is 1. The van der Waals surface area contributed by atoms with Crippen LogP contribution in [0.5, 0.6) is 0 Å². The monoisotopic (exact) mass is 504 g/mol. The van der Waals surface area contributed by atoms with Crippen molar-refractivity contribution in [2.75, 3.05) is 5.32 Å². The van der Waals surface area contributed by atoms with Crippen molar-refractivity contribution in [3.63, 3.8) is 0 Å². The summed E-state index contributed by atoms with van der Waals surface area (Å²) in [5.41, 5.74) is 8.97. The van der Waals surface area contributed by atoms with Crippen LogP contribution in [0.15, 0.2) is 140 Å². The lowest BCUT2D eigenvalue weighted by atomic mass is 9.97. The highest BCUT2D eigenvalue weighted by Gasteiger charge is 2.10. The molecule has 180 valence electrons. The first-order chi connectivity index (χ1) is 18.8. The van der Waals surface area contributed by atoms with Gasteiger partial charge >= 0.3 is 0 Å². The van der Waals surface area contributed by atoms with Gasteiger partial charge in [-0.2, -0.15) is 0 Å². The van der Waals surface area contributed by atoms with Gasteiger partial charge < -0.3 is 5.32 Å². The summed E-state index contributed by atoms with van der Waals surface area (Å²) in [7, 11) is 0. The summed E-state index contributed by atoms with van der Waals surface area (Å²) in [5.74, 6) is 0. The van der Waals surface area contributed by atoms with Gasteiger partial charge in [-0.05, 0) is 82.9 Å². The SMILES string of the molecule is c1ccc(-c2cc(Nc3ccc(-c4ccccn4)cc3)cc(-c3ccc4sc5ccccc5c4c3)c2)cc1. The maximum Gasteiger partial charge on any atom is 0.0701 e. The molecule has 0 amide bonds. The smallest absolute Gasteiger partial charge is 0.0701 e. The average molecular weight is 505 g/mol. The van der Waals surface area contributed by atoms with E-state index in [0.717, 1.165) is 22.6 Å². The molecule has 0 aliphatic carbocycles. The molecule has 2 heterocycles. The number of pyridine rings is 1. The molecular formula is C35H24N2S. The molecule has 7 aromatic rings. The third-order valence-electron chi connectivity index (χ3n) is 6.88. The molecule has 5 aromatic carbocycles. The number of nitrogens with one attached hydrogen (secondary N) is 1. The van der Waals surface area contributed by atoms with Crippen LogP contribution >= 0.6 is 11.3 Å². The number of fused-ring (bicyclic) bond motifs is 3. The van der Waals surface area contributed by atoms with Crippen LogP contribution in [0.2, 0.25) is 0 Å². The lowest BCUT2D eigenvalue weighted by molar-refractivity contribution is 1.33. The first-order valence-electron chi connectivity index (χ1n) is 12.7. The van der Waals surface area contributed by atoms with Crippen molar-refractivity contribution in [2.24, 2.45) is 0 Å². The predicted molar refractivity (Wildman–Crippen MR) is 163 cm³/mol. The quantitative estimate of drug-likeness (QED) is 0.252. The highest BCUT2D eigenvalue weighted by atomic mass is 32.1. The molecule has 0 radical (unpaired) electrons. The Bertz CT molecular complexity index is 1870. The first kappa shape index (κ1) is 22.5. The molecule has 2 aromatic heterocycles. The third kappa shape index (κ3) is 4.34. The number of anilines is 2. The van der Waals surface area contributed by atoms with Crippen LogP contribution in [0.25, 0.3) is 53.7 Å². The molecule has 0 aliphatic heterocycles. The van der Waals surface area contributed by atoms with Gasteiger partial charge in [-0.1, -0.05) is 72.8 Å². The van der Waals surface area contributed by atoms with Gasteiger partial charge in [-0.25, -0.2) is 0 Å². The van der Waals surface area contributed by atoms with Crippen molar-refractivity contribution >= 4 is 42.9 Å². The number of thiophene rings is 1. The largest absolute Gasteiger partial charge is 0.355 e. The summed E-state index contributed by atoms with van der Waals surface area (Å²) in [6, 6.07) is 47.3. The summed E-state index contributed by atoms with van der Waals surface area (Å²) in [6.07, 6.45) is 1.83. The first-order valence-corrected chi connectivity index (χ1v) is 13.5. The van der Waals surface area contributed by atoms with Gasteiger partial charge in [-0.3, -0.25) is 4.98 Å². The van der Waals surface area contributed by atoms with Gasteiger partial charge in [-0.15, -0.1) is 11.3 Å². The molecule has 0 fully saturated rings. The molecule has 0 spiro atoms. The highest BCUT2D eigenvalue weighted by Crippen LogP contribution is 2.38. The van der Waals surface area contributed by atoms with E-state index in [1.165, 1.54) is 42.4 Å². The van der Waals surface area contributed by atoms with Crippen LogP contribution < -0.4 is 5.32 Å². The van der Waals surface area contributed by atoms with Crippen molar-refractivity contribution < 1.29 is 0 Å². The Balaban J connectivity index is 1.30. The maximum absolute atomic E-state index is 4.47. The highest BCUT2D eigenvalue weighted by molar-refractivity contribution is 7.25. The summed E-state index contributed by atoms with van der Waals surface area (Å²) < 4.78 is 2.65. The lowest BCUT2D eigenvalue weighted by Gasteiger charge is -2.13. The fourth-order valence-electron chi connectivity index (χ4n) is 4.99. The molecule has 0 atom stereocenters. The van der Waals surface area contributed by atoms with E-state index >= 15 is 0 Å². The van der Waals surface area contributed by atoms with Gasteiger partial charge in [0.15, 0.2) is 0 Å². The fraction of sp³-hybridized carbons (Fsp3) is 0. The fourth-order valence-corrected chi connectivity index (χ4v) is 6.08. The van der Waals surface area contributed by atoms with E-state index in [9.17, 15) is 0 Å². The summed E-state index contributed by atoms with van der Waals surface area (Å²) >= 11 is 1.85. The number of hydrogen-bond donors (Lipinski definition) is 1. The maximum atomic E-state index is 4.47. The normalized spacial score (nSPS) is 11.2. The standard InChI is InChI=1S/C35H24N2S/c1-2-8-24(9-3-1)27-20-28(26-15-18-35-32(23-26)31-10-4-5-12-34(31)38-35)22-30(21-27)37-29-16-13-25(14-17-29)33-11-6-7-19-36-33/h1-23,37H. The van der Waals surface area contributed by atoms with Gasteiger partial charge in [0.25, 0.3) is 0 Å². The second kappa shape index (κ2) is 9.62. The molecule has 38 heavy (non-hydrogen) atoms. The van der Waals surface area contributed by atoms with E-state index in [4.69, 9.17) is 0 Å². The molecule has 7 rings (SSSR count). The Hall–Kier alpha value is -4.73. The van der Waals surface area contributed by atoms with Crippen LogP contribution in [-0.4, -0.2) is 4.98 Å². The van der Waals surface area contributed by atoms with E-state index in [-0.39, 0.29) is 0 Å². The summed E-state index contributed by atoms with van der Waals surface area (Å²) in [6.45, 7) is 0. The molecule has 0 unspecified atom stereocenters. The second-order valence-corrected chi connectivity index (χ2v) is 10.5. The van der Waals surface area contributed by atoms with E-state index in [0.29, 0.717) is 0 Å².